The average Bonchev–Trinajstić information content (AvgIpc) is 2.63. The molecule has 1 heterocycles. The number of aryl methyl sites for hydroxylation is 1. The first-order chi connectivity index (χ1) is 12.6. The third-order valence-electron chi connectivity index (χ3n) is 4.39. The van der Waals surface area contributed by atoms with E-state index in [9.17, 15) is 9.59 Å². The first-order valence-electron chi connectivity index (χ1n) is 8.54. The predicted molar refractivity (Wildman–Crippen MR) is 103 cm³/mol. The fraction of sp³-hybridized carbons (Fsp3) is 0.300. The van der Waals surface area contributed by atoms with E-state index < -0.39 is 0 Å². The van der Waals surface area contributed by atoms with E-state index in [0.29, 0.717) is 31.0 Å². The van der Waals surface area contributed by atoms with Crippen LogP contribution in [-0.4, -0.2) is 32.1 Å². The molecule has 0 saturated heterocycles. The highest BCUT2D eigenvalue weighted by atomic mass is 35.5. The Morgan fingerprint density at radius 1 is 1.23 bits per heavy atom. The van der Waals surface area contributed by atoms with Crippen LogP contribution in [0.4, 0.5) is 11.4 Å². The number of rotatable bonds is 6. The molecule has 5 nitrogen and oxygen atoms in total. The number of amides is 2. The lowest BCUT2D eigenvalue weighted by Gasteiger charge is -2.29. The van der Waals surface area contributed by atoms with E-state index in [1.54, 1.807) is 18.1 Å². The van der Waals surface area contributed by atoms with Gasteiger partial charge in [0.05, 0.1) is 13.0 Å². The van der Waals surface area contributed by atoms with E-state index in [1.165, 1.54) is 0 Å². The molecule has 136 valence electrons. The molecule has 6 heteroatoms. The van der Waals surface area contributed by atoms with E-state index in [-0.39, 0.29) is 18.2 Å². The van der Waals surface area contributed by atoms with E-state index in [4.69, 9.17) is 16.3 Å². The van der Waals surface area contributed by atoms with Gasteiger partial charge in [-0.05, 0) is 41.8 Å². The van der Waals surface area contributed by atoms with Gasteiger partial charge in [0.2, 0.25) is 11.8 Å². The number of carbonyl (C=O) groups excluding carboxylic acids is 2. The van der Waals surface area contributed by atoms with Gasteiger partial charge in [0.25, 0.3) is 0 Å². The molecule has 0 spiro atoms. The molecule has 0 aliphatic carbocycles. The average molecular weight is 373 g/mol. The first kappa shape index (κ1) is 18.4. The zero-order valence-corrected chi connectivity index (χ0v) is 15.4. The van der Waals surface area contributed by atoms with Crippen molar-refractivity contribution in [1.82, 2.24) is 0 Å². The van der Waals surface area contributed by atoms with Gasteiger partial charge in [0, 0.05) is 36.5 Å². The van der Waals surface area contributed by atoms with Crippen molar-refractivity contribution in [2.24, 2.45) is 0 Å². The van der Waals surface area contributed by atoms with Gasteiger partial charge in [-0.25, -0.2) is 0 Å². The molecular weight excluding hydrogens is 352 g/mol. The number of anilines is 2. The van der Waals surface area contributed by atoms with Crippen molar-refractivity contribution in [1.29, 1.82) is 0 Å². The Hall–Kier alpha value is -2.37. The summed E-state index contributed by atoms with van der Waals surface area (Å²) < 4.78 is 5.09. The summed E-state index contributed by atoms with van der Waals surface area (Å²) in [4.78, 5) is 26.2. The molecule has 0 bridgehead atoms. The van der Waals surface area contributed by atoms with Gasteiger partial charge in [-0.3, -0.25) is 9.59 Å². The van der Waals surface area contributed by atoms with Gasteiger partial charge < -0.3 is 15.0 Å². The van der Waals surface area contributed by atoms with Crippen LogP contribution in [0.1, 0.15) is 17.5 Å². The van der Waals surface area contributed by atoms with Crippen LogP contribution in [0.2, 0.25) is 5.02 Å². The molecule has 1 aliphatic rings. The van der Waals surface area contributed by atoms with Crippen molar-refractivity contribution >= 4 is 34.8 Å². The Balaban J connectivity index is 1.71. The molecule has 0 fully saturated rings. The van der Waals surface area contributed by atoms with Crippen molar-refractivity contribution in [3.63, 3.8) is 0 Å². The van der Waals surface area contributed by atoms with Gasteiger partial charge in [0.15, 0.2) is 0 Å². The molecule has 1 aliphatic heterocycles. The molecular formula is C20H21ClN2O3. The molecule has 2 aromatic carbocycles. The van der Waals surface area contributed by atoms with Crippen molar-refractivity contribution in [3.8, 4) is 0 Å². The Bertz CT molecular complexity index is 822. The number of hydrogen-bond acceptors (Lipinski definition) is 3. The molecule has 0 aromatic heterocycles. The van der Waals surface area contributed by atoms with Crippen LogP contribution in [-0.2, 0) is 27.2 Å². The second-order valence-electron chi connectivity index (χ2n) is 6.20. The second kappa shape index (κ2) is 8.34. The summed E-state index contributed by atoms with van der Waals surface area (Å²) in [6.45, 7) is 1.02. The monoisotopic (exact) mass is 372 g/mol. The summed E-state index contributed by atoms with van der Waals surface area (Å²) in [5.74, 6) is -0.0220. The minimum absolute atomic E-state index is 0.102. The highest BCUT2D eigenvalue weighted by molar-refractivity contribution is 6.31. The maximum Gasteiger partial charge on any atom is 0.228 e. The van der Waals surface area contributed by atoms with E-state index in [1.807, 2.05) is 36.4 Å². The highest BCUT2D eigenvalue weighted by Crippen LogP contribution is 2.30. The Morgan fingerprint density at radius 3 is 2.81 bits per heavy atom. The van der Waals surface area contributed by atoms with Crippen LogP contribution >= 0.6 is 11.6 Å². The van der Waals surface area contributed by atoms with E-state index >= 15 is 0 Å². The van der Waals surface area contributed by atoms with Gasteiger partial charge in [-0.1, -0.05) is 29.8 Å². The summed E-state index contributed by atoms with van der Waals surface area (Å²) in [6, 6.07) is 13.0. The van der Waals surface area contributed by atoms with Crippen molar-refractivity contribution in [3.05, 3.63) is 58.6 Å². The maximum atomic E-state index is 12.3. The number of methoxy groups -OCH3 is 1. The number of hydrogen-bond donors (Lipinski definition) is 1. The van der Waals surface area contributed by atoms with Gasteiger partial charge in [0.1, 0.15) is 0 Å². The smallest absolute Gasteiger partial charge is 0.228 e. The van der Waals surface area contributed by atoms with Crippen LogP contribution in [0.25, 0.3) is 0 Å². The number of carbonyl (C=O) groups is 2. The molecule has 2 amide bonds. The summed E-state index contributed by atoms with van der Waals surface area (Å²) >= 11 is 6.11. The Labute approximate surface area is 157 Å². The van der Waals surface area contributed by atoms with E-state index in [0.717, 1.165) is 22.5 Å². The zero-order chi connectivity index (χ0) is 18.5. The SMILES string of the molecule is COCCN1C(=O)CCc2cc(NC(=O)Cc3ccccc3Cl)ccc21. The molecule has 1 N–H and O–H groups in total. The quantitative estimate of drug-likeness (QED) is 0.844. The van der Waals surface area contributed by atoms with Gasteiger partial charge >= 0.3 is 0 Å². The number of ether oxygens (including phenoxy) is 1. The molecule has 26 heavy (non-hydrogen) atoms. The van der Waals surface area contributed by atoms with E-state index in [2.05, 4.69) is 5.32 Å². The fourth-order valence-corrected chi connectivity index (χ4v) is 3.29. The van der Waals surface area contributed by atoms with Gasteiger partial charge in [-0.15, -0.1) is 0 Å². The van der Waals surface area contributed by atoms with Crippen LogP contribution < -0.4 is 10.2 Å². The lowest BCUT2D eigenvalue weighted by molar-refractivity contribution is -0.119. The van der Waals surface area contributed by atoms with Crippen LogP contribution in [0.3, 0.4) is 0 Å². The molecule has 0 unspecified atom stereocenters. The zero-order valence-electron chi connectivity index (χ0n) is 14.6. The maximum absolute atomic E-state index is 12.3. The first-order valence-corrected chi connectivity index (χ1v) is 8.92. The predicted octanol–water partition coefficient (Wildman–Crippen LogP) is 3.45. The molecule has 2 aromatic rings. The summed E-state index contributed by atoms with van der Waals surface area (Å²) in [7, 11) is 1.62. The van der Waals surface area contributed by atoms with Crippen LogP contribution in [0, 0.1) is 0 Å². The van der Waals surface area contributed by atoms with Crippen molar-refractivity contribution in [2.75, 3.05) is 30.5 Å². The summed E-state index contributed by atoms with van der Waals surface area (Å²) in [5, 5.41) is 3.49. The lowest BCUT2D eigenvalue weighted by Crippen LogP contribution is -2.37. The van der Waals surface area contributed by atoms with Crippen LogP contribution in [0.5, 0.6) is 0 Å². The van der Waals surface area contributed by atoms with Crippen LogP contribution in [0.15, 0.2) is 42.5 Å². The van der Waals surface area contributed by atoms with Gasteiger partial charge in [-0.2, -0.15) is 0 Å². The summed E-state index contributed by atoms with van der Waals surface area (Å²) in [5.41, 5.74) is 3.46. The lowest BCUT2D eigenvalue weighted by atomic mass is 10.0. The highest BCUT2D eigenvalue weighted by Gasteiger charge is 2.24. The molecule has 3 rings (SSSR count). The Kier molecular flexibility index (Phi) is 5.91. The minimum atomic E-state index is -0.124. The number of halogens is 1. The fourth-order valence-electron chi connectivity index (χ4n) is 3.09. The third-order valence-corrected chi connectivity index (χ3v) is 4.76. The summed E-state index contributed by atoms with van der Waals surface area (Å²) in [6.07, 6.45) is 1.36. The second-order valence-corrected chi connectivity index (χ2v) is 6.61. The normalized spacial score (nSPS) is 13.5. The molecule has 0 saturated carbocycles. The number of nitrogens with zero attached hydrogens (tertiary/aromatic N) is 1. The Morgan fingerprint density at radius 2 is 2.04 bits per heavy atom. The number of nitrogens with one attached hydrogen (secondary N) is 1. The van der Waals surface area contributed by atoms with Crippen molar-refractivity contribution in [2.45, 2.75) is 19.3 Å². The largest absolute Gasteiger partial charge is 0.383 e. The number of benzene rings is 2. The molecule has 0 atom stereocenters. The number of fused-ring (bicyclic) bond motifs is 1. The topological polar surface area (TPSA) is 58.6 Å². The third kappa shape index (κ3) is 4.23. The standard InChI is InChI=1S/C20H21ClN2O3/c1-26-11-10-23-18-8-7-16(12-15(18)6-9-20(23)25)22-19(24)13-14-4-2-3-5-17(14)21/h2-5,7-8,12H,6,9-11,13H2,1H3,(H,22,24). The van der Waals surface area contributed by atoms with Crippen molar-refractivity contribution < 1.29 is 14.3 Å². The minimum Gasteiger partial charge on any atom is -0.383 e. The molecule has 0 radical (unpaired) electrons.